The van der Waals surface area contributed by atoms with E-state index < -0.39 is 49.4 Å². The van der Waals surface area contributed by atoms with Crippen LogP contribution in [0.5, 0.6) is 0 Å². The summed E-state index contributed by atoms with van der Waals surface area (Å²) in [7, 11) is 0. The summed E-state index contributed by atoms with van der Waals surface area (Å²) in [4.78, 5) is 11.5. The molecule has 0 spiro atoms. The van der Waals surface area contributed by atoms with Gasteiger partial charge in [-0.2, -0.15) is 0 Å². The van der Waals surface area contributed by atoms with E-state index in [2.05, 4.69) is 79.8 Å². The number of esters is 1. The standard InChI is InChI=1S/C37H60O9/c1-3-4-5-6-7-8-9-10-11-12-13-14-15-16-17-18-19-20-21-22-23-24-25-26-27-43-29-32(45-31(2)39)30-44-37-36(42)35(41)34(40)33(28-38)46-37/h4-5,7-8,10-11,13-14,16-17,19-20,32-38,40-42H,3,6,9,12,15,18,21-30H2,1-2H3/b5-4-,8-7-,11-10-,14-13-,17-16-,20-19-. The second-order valence-corrected chi connectivity index (χ2v) is 11.3. The lowest BCUT2D eigenvalue weighted by atomic mass is 9.99. The Balaban J connectivity index is 2.04. The van der Waals surface area contributed by atoms with Crippen molar-refractivity contribution in [2.75, 3.05) is 26.4 Å². The minimum atomic E-state index is -1.54. The van der Waals surface area contributed by atoms with Crippen molar-refractivity contribution in [3.05, 3.63) is 72.9 Å². The van der Waals surface area contributed by atoms with Gasteiger partial charge in [0.1, 0.15) is 30.5 Å². The number of carbonyl (C=O) groups is 1. The summed E-state index contributed by atoms with van der Waals surface area (Å²) in [6, 6.07) is 0. The van der Waals surface area contributed by atoms with Gasteiger partial charge in [-0.15, -0.1) is 0 Å². The minimum absolute atomic E-state index is 0.111. The second kappa shape index (κ2) is 28.8. The first-order valence-electron chi connectivity index (χ1n) is 17.0. The second-order valence-electron chi connectivity index (χ2n) is 11.3. The molecular weight excluding hydrogens is 588 g/mol. The van der Waals surface area contributed by atoms with E-state index in [1.54, 1.807) is 0 Å². The first kappa shape index (κ1) is 41.7. The maximum absolute atomic E-state index is 11.5. The molecule has 1 fully saturated rings. The van der Waals surface area contributed by atoms with E-state index in [9.17, 15) is 25.2 Å². The van der Waals surface area contributed by atoms with Gasteiger partial charge in [0.15, 0.2) is 6.29 Å². The van der Waals surface area contributed by atoms with Gasteiger partial charge in [-0.1, -0.05) is 99.1 Å². The van der Waals surface area contributed by atoms with E-state index >= 15 is 0 Å². The van der Waals surface area contributed by atoms with Gasteiger partial charge in [0, 0.05) is 13.5 Å². The molecular formula is C37H60O9. The zero-order valence-corrected chi connectivity index (χ0v) is 28.0. The van der Waals surface area contributed by atoms with Crippen LogP contribution in [-0.2, 0) is 23.7 Å². The lowest BCUT2D eigenvalue weighted by molar-refractivity contribution is -0.305. The molecule has 1 rings (SSSR count). The van der Waals surface area contributed by atoms with E-state index in [-0.39, 0.29) is 13.2 Å². The molecule has 1 saturated heterocycles. The van der Waals surface area contributed by atoms with Crippen molar-refractivity contribution in [2.24, 2.45) is 0 Å². The highest BCUT2D eigenvalue weighted by molar-refractivity contribution is 5.66. The average Bonchev–Trinajstić information content (AvgIpc) is 3.04. The Kier molecular flexibility index (Phi) is 26.1. The topological polar surface area (TPSA) is 135 Å². The van der Waals surface area contributed by atoms with E-state index in [1.807, 2.05) is 0 Å². The van der Waals surface area contributed by atoms with Crippen molar-refractivity contribution in [2.45, 2.75) is 128 Å². The van der Waals surface area contributed by atoms with Gasteiger partial charge in [0.2, 0.25) is 0 Å². The number of hydrogen-bond donors (Lipinski definition) is 4. The molecule has 0 aromatic rings. The van der Waals surface area contributed by atoms with Crippen molar-refractivity contribution < 1.29 is 44.2 Å². The zero-order valence-electron chi connectivity index (χ0n) is 28.0. The van der Waals surface area contributed by atoms with Crippen molar-refractivity contribution in [1.29, 1.82) is 0 Å². The third-order valence-corrected chi connectivity index (χ3v) is 7.19. The molecule has 0 radical (unpaired) electrons. The summed E-state index contributed by atoms with van der Waals surface area (Å²) in [6.45, 7) is 3.36. The Labute approximate surface area is 277 Å². The van der Waals surface area contributed by atoms with E-state index in [0.717, 1.165) is 77.0 Å². The number of allylic oxidation sites excluding steroid dienone is 12. The fourth-order valence-electron chi connectivity index (χ4n) is 4.61. The Morgan fingerprint density at radius 3 is 1.76 bits per heavy atom. The Bertz CT molecular complexity index is 922. The normalized spacial score (nSPS) is 23.3. The monoisotopic (exact) mass is 648 g/mol. The van der Waals surface area contributed by atoms with Crippen LogP contribution < -0.4 is 0 Å². The number of aliphatic hydroxyl groups is 4. The van der Waals surface area contributed by atoms with Crippen LogP contribution in [0.15, 0.2) is 72.9 Å². The molecule has 46 heavy (non-hydrogen) atoms. The van der Waals surface area contributed by atoms with E-state index in [1.165, 1.54) is 6.92 Å². The van der Waals surface area contributed by atoms with Crippen molar-refractivity contribution in [3.8, 4) is 0 Å². The molecule has 0 amide bonds. The Morgan fingerprint density at radius 1 is 0.696 bits per heavy atom. The van der Waals surface area contributed by atoms with Gasteiger partial charge in [-0.05, 0) is 57.8 Å². The predicted octanol–water partition coefficient (Wildman–Crippen LogP) is 5.79. The van der Waals surface area contributed by atoms with E-state index in [4.69, 9.17) is 18.9 Å². The number of carbonyl (C=O) groups excluding carboxylic acids is 1. The maximum atomic E-state index is 11.5. The predicted molar refractivity (Wildman–Crippen MR) is 182 cm³/mol. The van der Waals surface area contributed by atoms with Crippen LogP contribution in [0.25, 0.3) is 0 Å². The molecule has 6 unspecified atom stereocenters. The molecule has 262 valence electrons. The summed E-state index contributed by atoms with van der Waals surface area (Å²) in [5, 5.41) is 39.2. The van der Waals surface area contributed by atoms with Gasteiger partial charge in [0.05, 0.1) is 19.8 Å². The molecule has 0 aromatic heterocycles. The molecule has 1 heterocycles. The minimum Gasteiger partial charge on any atom is -0.458 e. The third kappa shape index (κ3) is 21.4. The fourth-order valence-corrected chi connectivity index (χ4v) is 4.61. The van der Waals surface area contributed by atoms with Crippen molar-refractivity contribution in [1.82, 2.24) is 0 Å². The van der Waals surface area contributed by atoms with Crippen molar-refractivity contribution >= 4 is 5.97 Å². The highest BCUT2D eigenvalue weighted by Crippen LogP contribution is 2.22. The molecule has 6 atom stereocenters. The number of aliphatic hydroxyl groups excluding tert-OH is 4. The van der Waals surface area contributed by atoms with Gasteiger partial charge in [-0.25, -0.2) is 0 Å². The van der Waals surface area contributed by atoms with Crippen LogP contribution in [0.2, 0.25) is 0 Å². The molecule has 0 aliphatic carbocycles. The summed E-state index contributed by atoms with van der Waals surface area (Å²) in [5.74, 6) is -0.502. The first-order chi connectivity index (χ1) is 22.4. The quantitative estimate of drug-likeness (QED) is 0.0522. The SMILES string of the molecule is CC/C=C\C/C=C\C/C=C\C/C=C\C/C=C\C/C=C\CCCCCCCOCC(COC1OC(CO)C(O)C(O)C1O)OC(C)=O. The molecule has 9 nitrogen and oxygen atoms in total. The summed E-state index contributed by atoms with van der Waals surface area (Å²) in [5.41, 5.74) is 0. The van der Waals surface area contributed by atoms with Crippen LogP contribution in [0, 0.1) is 0 Å². The molecule has 9 heteroatoms. The maximum Gasteiger partial charge on any atom is 0.303 e. The Morgan fingerprint density at radius 2 is 1.22 bits per heavy atom. The van der Waals surface area contributed by atoms with E-state index in [0.29, 0.717) is 6.61 Å². The smallest absolute Gasteiger partial charge is 0.303 e. The number of hydrogen-bond acceptors (Lipinski definition) is 9. The molecule has 0 aromatic carbocycles. The number of ether oxygens (including phenoxy) is 4. The number of rotatable bonds is 26. The van der Waals surface area contributed by atoms with Crippen LogP contribution in [-0.4, -0.2) is 89.6 Å². The van der Waals surface area contributed by atoms with Gasteiger partial charge in [-0.3, -0.25) is 4.79 Å². The van der Waals surface area contributed by atoms with Crippen LogP contribution in [0.4, 0.5) is 0 Å². The lowest BCUT2D eigenvalue weighted by Crippen LogP contribution is -2.59. The summed E-state index contributed by atoms with van der Waals surface area (Å²) < 4.78 is 21.7. The number of unbranched alkanes of at least 4 members (excludes halogenated alkanes) is 5. The summed E-state index contributed by atoms with van der Waals surface area (Å²) >= 11 is 0. The molecule has 4 N–H and O–H groups in total. The Hall–Kier alpha value is -2.37. The zero-order chi connectivity index (χ0) is 33.7. The lowest BCUT2D eigenvalue weighted by Gasteiger charge is -2.39. The average molecular weight is 649 g/mol. The largest absolute Gasteiger partial charge is 0.458 e. The van der Waals surface area contributed by atoms with Crippen LogP contribution >= 0.6 is 0 Å². The fraction of sp³-hybridized carbons (Fsp3) is 0.649. The van der Waals surface area contributed by atoms with Crippen molar-refractivity contribution in [3.63, 3.8) is 0 Å². The van der Waals surface area contributed by atoms with Gasteiger partial charge >= 0.3 is 5.97 Å². The molecule has 0 saturated carbocycles. The van der Waals surface area contributed by atoms with Gasteiger partial charge in [0.25, 0.3) is 0 Å². The highest BCUT2D eigenvalue weighted by Gasteiger charge is 2.44. The van der Waals surface area contributed by atoms with Gasteiger partial charge < -0.3 is 39.4 Å². The highest BCUT2D eigenvalue weighted by atomic mass is 16.7. The molecule has 0 bridgehead atoms. The molecule has 1 aliphatic rings. The van der Waals surface area contributed by atoms with Crippen LogP contribution in [0.1, 0.15) is 90.9 Å². The summed E-state index contributed by atoms with van der Waals surface area (Å²) in [6.07, 6.45) is 31.4. The first-order valence-corrected chi connectivity index (χ1v) is 17.0. The molecule has 1 aliphatic heterocycles. The van der Waals surface area contributed by atoms with Crippen LogP contribution in [0.3, 0.4) is 0 Å². The third-order valence-electron chi connectivity index (χ3n) is 7.19.